The first-order chi connectivity index (χ1) is 8.65. The van der Waals surface area contributed by atoms with E-state index in [-0.39, 0.29) is 22.3 Å². The van der Waals surface area contributed by atoms with Gasteiger partial charge in [0.25, 0.3) is 0 Å². The summed E-state index contributed by atoms with van der Waals surface area (Å²) in [6.45, 7) is 3.43. The molecule has 19 heavy (non-hydrogen) atoms. The summed E-state index contributed by atoms with van der Waals surface area (Å²) in [5, 5.41) is 9.00. The van der Waals surface area contributed by atoms with Gasteiger partial charge >= 0.3 is 16.2 Å². The molecule has 0 saturated heterocycles. The average Bonchev–Trinajstić information content (AvgIpc) is 2.30. The maximum atomic E-state index is 12.0. The number of carboxylic acids is 1. The summed E-state index contributed by atoms with van der Waals surface area (Å²) in [5.74, 6) is -1.16. The van der Waals surface area contributed by atoms with Gasteiger partial charge in [-0.2, -0.15) is 12.7 Å². The molecule has 1 aromatic rings. The molecule has 0 atom stereocenters. The Morgan fingerprint density at radius 2 is 2.00 bits per heavy atom. The molecule has 0 aliphatic heterocycles. The zero-order valence-electron chi connectivity index (χ0n) is 10.7. The van der Waals surface area contributed by atoms with Crippen LogP contribution in [0, 0.1) is 0 Å². The summed E-state index contributed by atoms with van der Waals surface area (Å²) in [6.07, 6.45) is 0. The first-order valence-corrected chi connectivity index (χ1v) is 7.25. The highest BCUT2D eigenvalue weighted by molar-refractivity contribution is 7.90. The van der Waals surface area contributed by atoms with Crippen LogP contribution in [-0.2, 0) is 10.2 Å². The van der Waals surface area contributed by atoms with Gasteiger partial charge in [-0.25, -0.2) is 4.79 Å². The molecule has 0 radical (unpaired) electrons. The van der Waals surface area contributed by atoms with Crippen molar-refractivity contribution in [1.29, 1.82) is 0 Å². The lowest BCUT2D eigenvalue weighted by molar-refractivity contribution is 0.0697. The summed E-state index contributed by atoms with van der Waals surface area (Å²) in [7, 11) is -2.35. The first kappa shape index (κ1) is 15.7. The van der Waals surface area contributed by atoms with Gasteiger partial charge < -0.3 is 5.11 Å². The Labute approximate surface area is 117 Å². The van der Waals surface area contributed by atoms with Crippen molar-refractivity contribution in [2.75, 3.05) is 11.8 Å². The molecular formula is C11H15ClN2O4S. The molecular weight excluding hydrogens is 292 g/mol. The van der Waals surface area contributed by atoms with Gasteiger partial charge in [-0.3, -0.25) is 4.72 Å². The maximum Gasteiger partial charge on any atom is 0.335 e. The predicted octanol–water partition coefficient (Wildman–Crippen LogP) is 2.04. The number of halogens is 1. The third-order valence-corrected chi connectivity index (χ3v) is 4.55. The van der Waals surface area contributed by atoms with Crippen LogP contribution in [0.15, 0.2) is 18.2 Å². The highest BCUT2D eigenvalue weighted by atomic mass is 35.5. The summed E-state index contributed by atoms with van der Waals surface area (Å²) in [6, 6.07) is 3.57. The van der Waals surface area contributed by atoms with Crippen molar-refractivity contribution in [3.05, 3.63) is 28.8 Å². The van der Waals surface area contributed by atoms with Crippen molar-refractivity contribution >= 4 is 33.5 Å². The van der Waals surface area contributed by atoms with Gasteiger partial charge in [-0.05, 0) is 32.0 Å². The second kappa shape index (κ2) is 5.77. The Kier molecular flexibility index (Phi) is 4.78. The fourth-order valence-electron chi connectivity index (χ4n) is 1.23. The molecule has 6 nitrogen and oxygen atoms in total. The molecule has 0 amide bonds. The third-order valence-electron chi connectivity index (χ3n) is 2.56. The summed E-state index contributed by atoms with van der Waals surface area (Å²) >= 11 is 5.85. The van der Waals surface area contributed by atoms with E-state index in [1.165, 1.54) is 25.2 Å². The first-order valence-electron chi connectivity index (χ1n) is 5.43. The molecule has 8 heteroatoms. The number of hydrogen-bond acceptors (Lipinski definition) is 3. The summed E-state index contributed by atoms with van der Waals surface area (Å²) in [5.41, 5.74) is -0.0108. The van der Waals surface area contributed by atoms with Gasteiger partial charge in [0, 0.05) is 13.1 Å². The van der Waals surface area contributed by atoms with Crippen LogP contribution in [-0.4, -0.2) is 36.9 Å². The Hall–Kier alpha value is -1.31. The van der Waals surface area contributed by atoms with Gasteiger partial charge in [0.2, 0.25) is 0 Å². The standard InChI is InChI=1S/C11H15ClN2O4S/c1-7(2)14(3)19(17,18)13-10-6-8(11(15)16)4-5-9(10)12/h4-7,13H,1-3H3,(H,15,16). The fourth-order valence-corrected chi connectivity index (χ4v) is 2.59. The largest absolute Gasteiger partial charge is 0.478 e. The van der Waals surface area contributed by atoms with E-state index >= 15 is 0 Å². The molecule has 106 valence electrons. The highest BCUT2D eigenvalue weighted by Crippen LogP contribution is 2.25. The van der Waals surface area contributed by atoms with E-state index in [9.17, 15) is 13.2 Å². The lowest BCUT2D eigenvalue weighted by Gasteiger charge is -2.22. The number of benzene rings is 1. The van der Waals surface area contributed by atoms with Gasteiger partial charge in [-0.1, -0.05) is 11.6 Å². The van der Waals surface area contributed by atoms with Crippen molar-refractivity contribution in [2.45, 2.75) is 19.9 Å². The Bertz CT molecular complexity index is 586. The van der Waals surface area contributed by atoms with Gasteiger partial charge in [0.05, 0.1) is 16.3 Å². The molecule has 0 spiro atoms. The number of hydrogen-bond donors (Lipinski definition) is 2. The molecule has 0 aromatic heterocycles. The van der Waals surface area contributed by atoms with Crippen molar-refractivity contribution in [1.82, 2.24) is 4.31 Å². The van der Waals surface area contributed by atoms with E-state index in [2.05, 4.69) is 4.72 Å². The van der Waals surface area contributed by atoms with E-state index in [4.69, 9.17) is 16.7 Å². The molecule has 0 unspecified atom stereocenters. The van der Waals surface area contributed by atoms with Crippen molar-refractivity contribution in [3.8, 4) is 0 Å². The van der Waals surface area contributed by atoms with Gasteiger partial charge in [-0.15, -0.1) is 0 Å². The van der Waals surface area contributed by atoms with Crippen LogP contribution in [0.2, 0.25) is 5.02 Å². The summed E-state index contributed by atoms with van der Waals surface area (Å²) in [4.78, 5) is 10.8. The highest BCUT2D eigenvalue weighted by Gasteiger charge is 2.21. The van der Waals surface area contributed by atoms with E-state index in [1.807, 2.05) is 0 Å². The van der Waals surface area contributed by atoms with Crippen LogP contribution >= 0.6 is 11.6 Å². The fraction of sp³-hybridized carbons (Fsp3) is 0.364. The number of aromatic carboxylic acids is 1. The third kappa shape index (κ3) is 3.82. The van der Waals surface area contributed by atoms with Crippen molar-refractivity contribution in [2.24, 2.45) is 0 Å². The molecule has 0 bridgehead atoms. The molecule has 1 aromatic carbocycles. The van der Waals surface area contributed by atoms with Crippen molar-refractivity contribution < 1.29 is 18.3 Å². The number of carbonyl (C=O) groups is 1. The molecule has 2 N–H and O–H groups in total. The normalized spacial score (nSPS) is 11.9. The van der Waals surface area contributed by atoms with Crippen LogP contribution in [0.1, 0.15) is 24.2 Å². The SMILES string of the molecule is CC(C)N(C)S(=O)(=O)Nc1cc(C(=O)O)ccc1Cl. The van der Waals surface area contributed by atoms with Crippen LogP contribution in [0.4, 0.5) is 5.69 Å². The number of anilines is 1. The number of rotatable bonds is 5. The summed E-state index contributed by atoms with van der Waals surface area (Å²) < 4.78 is 27.4. The molecule has 0 saturated carbocycles. The smallest absolute Gasteiger partial charge is 0.335 e. The lowest BCUT2D eigenvalue weighted by Crippen LogP contribution is -2.37. The van der Waals surface area contributed by atoms with Crippen molar-refractivity contribution in [3.63, 3.8) is 0 Å². The molecule has 0 aliphatic rings. The minimum Gasteiger partial charge on any atom is -0.478 e. The molecule has 0 aliphatic carbocycles. The molecule has 1 rings (SSSR count). The van der Waals surface area contributed by atoms with E-state index in [1.54, 1.807) is 13.8 Å². The number of nitrogens with one attached hydrogen (secondary N) is 1. The van der Waals surface area contributed by atoms with Crippen LogP contribution in [0.3, 0.4) is 0 Å². The second-order valence-corrected chi connectivity index (χ2v) is 6.35. The predicted molar refractivity (Wildman–Crippen MR) is 73.9 cm³/mol. The Morgan fingerprint density at radius 3 is 2.47 bits per heavy atom. The Morgan fingerprint density at radius 1 is 1.42 bits per heavy atom. The minimum atomic E-state index is -3.77. The van der Waals surface area contributed by atoms with E-state index < -0.39 is 16.2 Å². The van der Waals surface area contributed by atoms with E-state index in [0.717, 1.165) is 4.31 Å². The average molecular weight is 307 g/mol. The molecule has 0 heterocycles. The lowest BCUT2D eigenvalue weighted by atomic mass is 10.2. The van der Waals surface area contributed by atoms with Gasteiger partial charge in [0.1, 0.15) is 0 Å². The molecule has 0 fully saturated rings. The van der Waals surface area contributed by atoms with E-state index in [0.29, 0.717) is 0 Å². The number of carboxylic acid groups (broad SMARTS) is 1. The van der Waals surface area contributed by atoms with Crippen LogP contribution in [0.25, 0.3) is 0 Å². The van der Waals surface area contributed by atoms with Crippen LogP contribution < -0.4 is 4.72 Å². The minimum absolute atomic E-state index is 0.0362. The maximum absolute atomic E-state index is 12.0. The topological polar surface area (TPSA) is 86.7 Å². The van der Waals surface area contributed by atoms with Crippen LogP contribution in [0.5, 0.6) is 0 Å². The van der Waals surface area contributed by atoms with Gasteiger partial charge in [0.15, 0.2) is 0 Å². The number of nitrogens with zero attached hydrogens (tertiary/aromatic N) is 1. The zero-order valence-corrected chi connectivity index (χ0v) is 12.3. The monoisotopic (exact) mass is 306 g/mol. The quantitative estimate of drug-likeness (QED) is 0.871. The zero-order chi connectivity index (χ0) is 14.8. The Balaban J connectivity index is 3.12. The second-order valence-electron chi connectivity index (χ2n) is 4.22.